The van der Waals surface area contributed by atoms with Crippen LogP contribution in [0.25, 0.3) is 0 Å². The molecule has 1 heterocycles. The summed E-state index contributed by atoms with van der Waals surface area (Å²) in [6.45, 7) is 9.51. The predicted octanol–water partition coefficient (Wildman–Crippen LogP) is 6.87. The van der Waals surface area contributed by atoms with Crippen molar-refractivity contribution in [3.8, 4) is 0 Å². The van der Waals surface area contributed by atoms with Gasteiger partial charge in [-0.2, -0.15) is 0 Å². The third kappa shape index (κ3) is 9.77. The highest BCUT2D eigenvalue weighted by molar-refractivity contribution is 5.04. The van der Waals surface area contributed by atoms with E-state index in [-0.39, 0.29) is 0 Å². The molecule has 1 nitrogen and oxygen atoms in total. The predicted molar refractivity (Wildman–Crippen MR) is 92.5 cm³/mol. The smallest absolute Gasteiger partial charge is 0.0934 e. The Bertz CT molecular complexity index is 326. The molecule has 0 aromatic carbocycles. The summed E-state index contributed by atoms with van der Waals surface area (Å²) in [4.78, 5) is 0. The first-order chi connectivity index (χ1) is 10.1. The third-order valence-corrected chi connectivity index (χ3v) is 4.61. The summed E-state index contributed by atoms with van der Waals surface area (Å²) in [5.74, 6) is 2.66. The summed E-state index contributed by atoms with van der Waals surface area (Å²) in [5.41, 5.74) is 1.35. The Morgan fingerprint density at radius 1 is 0.810 bits per heavy atom. The van der Waals surface area contributed by atoms with Crippen molar-refractivity contribution in [1.29, 1.82) is 0 Å². The van der Waals surface area contributed by atoms with E-state index >= 15 is 0 Å². The zero-order valence-corrected chi connectivity index (χ0v) is 14.7. The molecule has 0 saturated carbocycles. The second-order valence-electron chi connectivity index (χ2n) is 7.49. The van der Waals surface area contributed by atoms with Gasteiger partial charge in [0, 0.05) is 0 Å². The SMILES string of the molecule is CC(C)CCC[C@H](C)CCC[C@H](C)CCCc1ccoc1. The highest BCUT2D eigenvalue weighted by atomic mass is 16.3. The minimum Gasteiger partial charge on any atom is -0.472 e. The fourth-order valence-corrected chi connectivity index (χ4v) is 3.07. The molecule has 1 heteroatoms. The molecular formula is C20H36O. The lowest BCUT2D eigenvalue weighted by Gasteiger charge is -2.14. The molecule has 1 rings (SSSR count). The second-order valence-corrected chi connectivity index (χ2v) is 7.49. The van der Waals surface area contributed by atoms with Crippen molar-refractivity contribution in [1.82, 2.24) is 0 Å². The van der Waals surface area contributed by atoms with Crippen molar-refractivity contribution in [3.63, 3.8) is 0 Å². The van der Waals surface area contributed by atoms with Gasteiger partial charge >= 0.3 is 0 Å². The maximum absolute atomic E-state index is 5.11. The van der Waals surface area contributed by atoms with Crippen LogP contribution in [0.5, 0.6) is 0 Å². The van der Waals surface area contributed by atoms with Crippen LogP contribution in [0.1, 0.15) is 84.6 Å². The first-order valence-corrected chi connectivity index (χ1v) is 9.09. The fraction of sp³-hybridized carbons (Fsp3) is 0.800. The van der Waals surface area contributed by atoms with Crippen LogP contribution in [0.15, 0.2) is 23.0 Å². The van der Waals surface area contributed by atoms with E-state index in [1.807, 2.05) is 6.26 Å². The van der Waals surface area contributed by atoms with E-state index in [2.05, 4.69) is 33.8 Å². The Balaban J connectivity index is 1.95. The molecule has 0 aliphatic rings. The van der Waals surface area contributed by atoms with E-state index in [1.54, 1.807) is 6.26 Å². The van der Waals surface area contributed by atoms with E-state index in [0.29, 0.717) is 0 Å². The molecule has 1 aromatic rings. The van der Waals surface area contributed by atoms with Crippen molar-refractivity contribution in [2.45, 2.75) is 85.5 Å². The van der Waals surface area contributed by atoms with Gasteiger partial charge in [-0.15, -0.1) is 0 Å². The van der Waals surface area contributed by atoms with Crippen LogP contribution in [0, 0.1) is 17.8 Å². The number of hydrogen-bond acceptors (Lipinski definition) is 1. The highest BCUT2D eigenvalue weighted by Gasteiger charge is 2.06. The summed E-state index contributed by atoms with van der Waals surface area (Å²) >= 11 is 0. The van der Waals surface area contributed by atoms with Gasteiger partial charge in [-0.1, -0.05) is 72.6 Å². The topological polar surface area (TPSA) is 13.1 Å². The summed E-state index contributed by atoms with van der Waals surface area (Å²) in [6, 6.07) is 2.09. The summed E-state index contributed by atoms with van der Waals surface area (Å²) in [5, 5.41) is 0. The monoisotopic (exact) mass is 292 g/mol. The molecule has 0 aliphatic heterocycles. The van der Waals surface area contributed by atoms with Gasteiger partial charge in [0.05, 0.1) is 12.5 Å². The van der Waals surface area contributed by atoms with E-state index in [4.69, 9.17) is 4.42 Å². The Hall–Kier alpha value is -0.720. The molecular weight excluding hydrogens is 256 g/mol. The molecule has 0 radical (unpaired) electrons. The molecule has 2 atom stereocenters. The lowest BCUT2D eigenvalue weighted by Crippen LogP contribution is -2.00. The van der Waals surface area contributed by atoms with Crippen LogP contribution in [0.2, 0.25) is 0 Å². The molecule has 0 aliphatic carbocycles. The first kappa shape index (κ1) is 18.3. The Labute approximate surface area is 132 Å². The largest absolute Gasteiger partial charge is 0.472 e. The number of aryl methyl sites for hydroxylation is 1. The molecule has 0 spiro atoms. The molecule has 0 N–H and O–H groups in total. The minimum atomic E-state index is 0.868. The maximum atomic E-state index is 5.11. The van der Waals surface area contributed by atoms with Gasteiger partial charge in [0.15, 0.2) is 0 Å². The molecule has 122 valence electrons. The van der Waals surface area contributed by atoms with Crippen LogP contribution < -0.4 is 0 Å². The molecule has 0 saturated heterocycles. The second kappa shape index (κ2) is 10.9. The van der Waals surface area contributed by atoms with Crippen LogP contribution in [0.4, 0.5) is 0 Å². The van der Waals surface area contributed by atoms with Gasteiger partial charge in [0.25, 0.3) is 0 Å². The van der Waals surface area contributed by atoms with Gasteiger partial charge in [0.2, 0.25) is 0 Å². The molecule has 21 heavy (non-hydrogen) atoms. The first-order valence-electron chi connectivity index (χ1n) is 9.09. The molecule has 0 unspecified atom stereocenters. The lowest BCUT2D eigenvalue weighted by molar-refractivity contribution is 0.389. The van der Waals surface area contributed by atoms with Crippen molar-refractivity contribution in [2.24, 2.45) is 17.8 Å². The normalized spacial score (nSPS) is 14.5. The molecule has 0 fully saturated rings. The highest BCUT2D eigenvalue weighted by Crippen LogP contribution is 2.21. The van der Waals surface area contributed by atoms with Crippen molar-refractivity contribution < 1.29 is 4.42 Å². The van der Waals surface area contributed by atoms with E-state index in [1.165, 1.54) is 63.4 Å². The Morgan fingerprint density at radius 2 is 1.38 bits per heavy atom. The maximum Gasteiger partial charge on any atom is 0.0934 e. The number of rotatable bonds is 12. The van der Waals surface area contributed by atoms with Crippen molar-refractivity contribution >= 4 is 0 Å². The van der Waals surface area contributed by atoms with Gasteiger partial charge in [-0.25, -0.2) is 0 Å². The molecule has 0 amide bonds. The van der Waals surface area contributed by atoms with Gasteiger partial charge < -0.3 is 4.42 Å². The minimum absolute atomic E-state index is 0.868. The molecule has 1 aromatic heterocycles. The standard InChI is InChI=1S/C20H36O/c1-17(2)8-5-9-18(3)10-6-11-19(4)12-7-13-20-14-15-21-16-20/h14-19H,5-13H2,1-4H3/t18-,19-/m0/s1. The van der Waals surface area contributed by atoms with E-state index < -0.39 is 0 Å². The Morgan fingerprint density at radius 3 is 1.90 bits per heavy atom. The van der Waals surface area contributed by atoms with Crippen LogP contribution in [-0.4, -0.2) is 0 Å². The number of hydrogen-bond donors (Lipinski definition) is 0. The summed E-state index contributed by atoms with van der Waals surface area (Å²) in [7, 11) is 0. The quantitative estimate of drug-likeness (QED) is 0.409. The van der Waals surface area contributed by atoms with Gasteiger partial charge in [-0.3, -0.25) is 0 Å². The zero-order chi connectivity index (χ0) is 15.5. The zero-order valence-electron chi connectivity index (χ0n) is 14.7. The fourth-order valence-electron chi connectivity index (χ4n) is 3.07. The van der Waals surface area contributed by atoms with Crippen molar-refractivity contribution in [3.05, 3.63) is 24.2 Å². The average Bonchev–Trinajstić information content (AvgIpc) is 2.91. The van der Waals surface area contributed by atoms with Crippen LogP contribution in [-0.2, 0) is 6.42 Å². The van der Waals surface area contributed by atoms with E-state index in [0.717, 1.165) is 17.8 Å². The van der Waals surface area contributed by atoms with Crippen molar-refractivity contribution in [2.75, 3.05) is 0 Å². The average molecular weight is 293 g/mol. The van der Waals surface area contributed by atoms with Crippen LogP contribution >= 0.6 is 0 Å². The summed E-state index contributed by atoms with van der Waals surface area (Å²) < 4.78 is 5.11. The summed E-state index contributed by atoms with van der Waals surface area (Å²) in [6.07, 6.45) is 16.0. The third-order valence-electron chi connectivity index (χ3n) is 4.61. The molecule has 0 bridgehead atoms. The lowest BCUT2D eigenvalue weighted by atomic mass is 9.92. The van der Waals surface area contributed by atoms with Crippen LogP contribution in [0.3, 0.4) is 0 Å². The Kier molecular flexibility index (Phi) is 9.54. The van der Waals surface area contributed by atoms with E-state index in [9.17, 15) is 0 Å². The number of furan rings is 1. The van der Waals surface area contributed by atoms with Gasteiger partial charge in [0.1, 0.15) is 0 Å². The van der Waals surface area contributed by atoms with Gasteiger partial charge in [-0.05, 0) is 42.2 Å².